The van der Waals surface area contributed by atoms with Crippen LogP contribution in [-0.4, -0.2) is 90.0 Å². The van der Waals surface area contributed by atoms with Gasteiger partial charge in [0.15, 0.2) is 0 Å². The first-order chi connectivity index (χ1) is 24.1. The Morgan fingerprint density at radius 2 is 0.588 bits per heavy atom. The summed E-state index contributed by atoms with van der Waals surface area (Å²) < 4.78 is 19.9. The van der Waals surface area contributed by atoms with Crippen molar-refractivity contribution in [1.29, 1.82) is 0 Å². The molecular weight excluding hydrogens is 639 g/mol. The fourth-order valence-corrected chi connectivity index (χ4v) is 7.18. The molecule has 4 rings (SSSR count). The fraction of sp³-hybridized carbons (Fsp3) is 0.462. The van der Waals surface area contributed by atoms with E-state index in [9.17, 15) is 14.4 Å². The first-order valence-electron chi connectivity index (χ1n) is 18.3. The predicted molar refractivity (Wildman–Crippen MR) is 208 cm³/mol. The van der Waals surface area contributed by atoms with Crippen molar-refractivity contribution in [2.75, 3.05) is 0 Å². The van der Waals surface area contributed by atoms with E-state index in [-0.39, 0.29) is 54.0 Å². The number of hydrogen-bond acceptors (Lipinski definition) is 6. The summed E-state index contributed by atoms with van der Waals surface area (Å²) >= 11 is 0. The number of hydrogen-bond donors (Lipinski definition) is 0. The summed E-state index contributed by atoms with van der Waals surface area (Å²) in [4.78, 5) is 48.0. The Kier molecular flexibility index (Phi) is 13.4. The quantitative estimate of drug-likeness (QED) is 0.248. The lowest BCUT2D eigenvalue weighted by molar-refractivity contribution is 0.0635. The third kappa shape index (κ3) is 8.79. The summed E-state index contributed by atoms with van der Waals surface area (Å²) in [5.74, 6) is -0.451. The molecule has 51 heavy (non-hydrogen) atoms. The molecule has 0 unspecified atom stereocenters. The summed E-state index contributed by atoms with van der Waals surface area (Å²) in [6.45, 7) is 23.9. The molecule has 0 aliphatic carbocycles. The van der Waals surface area contributed by atoms with Crippen molar-refractivity contribution in [3.8, 4) is 0 Å². The normalized spacial score (nSPS) is 13.6. The Labute approximate surface area is 306 Å². The molecule has 0 aromatic heterocycles. The van der Waals surface area contributed by atoms with Gasteiger partial charge in [0, 0.05) is 52.9 Å². The van der Waals surface area contributed by atoms with Crippen LogP contribution in [0.2, 0.25) is 0 Å². The molecule has 1 saturated heterocycles. The lowest BCUT2D eigenvalue weighted by atomic mass is 9.59. The molecule has 3 aromatic carbocycles. The second kappa shape index (κ2) is 17.1. The number of amides is 3. The van der Waals surface area contributed by atoms with E-state index in [4.69, 9.17) is 13.7 Å². The molecule has 0 N–H and O–H groups in total. The van der Waals surface area contributed by atoms with E-state index in [0.717, 1.165) is 0 Å². The molecule has 3 amide bonds. The SMILES string of the molecule is CC(C)N(C(=O)c1ccccc1B1OB(c2ccccc2C(=O)N(C(C)C)C(C)C)OB(c2ccccc2C(=O)N(C(C)C)C(C)C)O1)C(C)C. The van der Waals surface area contributed by atoms with Gasteiger partial charge in [0.25, 0.3) is 17.7 Å². The minimum absolute atomic E-state index is 0.0481. The Bertz CT molecular complexity index is 1460. The summed E-state index contributed by atoms with van der Waals surface area (Å²) in [6, 6.07) is 21.5. The van der Waals surface area contributed by atoms with E-state index in [1.54, 1.807) is 18.2 Å². The van der Waals surface area contributed by atoms with Crippen molar-refractivity contribution in [2.45, 2.75) is 119 Å². The van der Waals surface area contributed by atoms with Crippen molar-refractivity contribution in [2.24, 2.45) is 0 Å². The van der Waals surface area contributed by atoms with E-state index < -0.39 is 21.4 Å². The van der Waals surface area contributed by atoms with Crippen LogP contribution in [0.1, 0.15) is 114 Å². The van der Waals surface area contributed by atoms with Crippen LogP contribution >= 0.6 is 0 Å². The van der Waals surface area contributed by atoms with Gasteiger partial charge in [-0.15, -0.1) is 0 Å². The van der Waals surface area contributed by atoms with Crippen LogP contribution in [0.4, 0.5) is 0 Å². The maximum Gasteiger partial charge on any atom is 0.467 e. The predicted octanol–water partition coefficient (Wildman–Crippen LogP) is 5.01. The Morgan fingerprint density at radius 1 is 0.392 bits per heavy atom. The zero-order chi connectivity index (χ0) is 37.7. The Balaban J connectivity index is 1.90. The maximum absolute atomic E-state index is 14.2. The average molecular weight is 693 g/mol. The molecule has 1 aliphatic rings. The smallest absolute Gasteiger partial charge is 0.445 e. The van der Waals surface area contributed by atoms with Crippen LogP contribution < -0.4 is 16.4 Å². The maximum atomic E-state index is 14.2. The Hall–Kier alpha value is -3.86. The highest BCUT2D eigenvalue weighted by molar-refractivity contribution is 6.88. The second-order valence-corrected chi connectivity index (χ2v) is 14.9. The number of benzene rings is 3. The minimum Gasteiger partial charge on any atom is -0.445 e. The van der Waals surface area contributed by atoms with Gasteiger partial charge >= 0.3 is 21.4 Å². The molecule has 12 heteroatoms. The third-order valence-electron chi connectivity index (χ3n) is 9.12. The van der Waals surface area contributed by atoms with Gasteiger partial charge in [-0.1, -0.05) is 54.6 Å². The monoisotopic (exact) mass is 693 g/mol. The number of carbonyl (C=O) groups excluding carboxylic acids is 3. The molecule has 3 aromatic rings. The van der Waals surface area contributed by atoms with Gasteiger partial charge in [-0.3, -0.25) is 14.4 Å². The van der Waals surface area contributed by atoms with Gasteiger partial charge in [-0.05, 0) is 118 Å². The number of carbonyl (C=O) groups is 3. The lowest BCUT2D eigenvalue weighted by Crippen LogP contribution is -2.63. The molecule has 1 aliphatic heterocycles. The highest BCUT2D eigenvalue weighted by Gasteiger charge is 2.47. The summed E-state index contributed by atoms with van der Waals surface area (Å²) in [7, 11) is -3.25. The Morgan fingerprint density at radius 3 is 0.784 bits per heavy atom. The molecule has 0 radical (unpaired) electrons. The molecule has 0 bridgehead atoms. The van der Waals surface area contributed by atoms with Gasteiger partial charge in [0.2, 0.25) is 0 Å². The molecule has 0 saturated carbocycles. The standard InChI is InChI=1S/C39H54B3N3O6/c1-25(2)43(26(3)4)37(46)31-19-13-16-22-34(31)40-49-41(35-23-17-14-20-32(35)38(47)44(27(5)6)28(7)8)51-42(50-40)36-24-18-15-21-33(36)39(48)45(29(9)10)30(11)12/h13-30H,1-12H3. The molecule has 270 valence electrons. The lowest BCUT2D eigenvalue weighted by Gasteiger charge is -2.36. The first kappa shape index (κ1) is 39.9. The van der Waals surface area contributed by atoms with Crippen molar-refractivity contribution in [3.05, 3.63) is 89.5 Å². The van der Waals surface area contributed by atoms with E-state index >= 15 is 0 Å². The summed E-state index contributed by atoms with van der Waals surface area (Å²) in [5.41, 5.74) is 2.89. The van der Waals surface area contributed by atoms with Crippen LogP contribution in [0.15, 0.2) is 72.8 Å². The number of rotatable bonds is 12. The minimum atomic E-state index is -1.08. The third-order valence-corrected chi connectivity index (χ3v) is 9.12. The molecule has 1 fully saturated rings. The highest BCUT2D eigenvalue weighted by atomic mass is 16.7. The van der Waals surface area contributed by atoms with Gasteiger partial charge in [-0.2, -0.15) is 0 Å². The summed E-state index contributed by atoms with van der Waals surface area (Å²) in [5, 5.41) is 0. The summed E-state index contributed by atoms with van der Waals surface area (Å²) in [6.07, 6.45) is 0. The van der Waals surface area contributed by atoms with Gasteiger partial charge in [0.05, 0.1) is 0 Å². The van der Waals surface area contributed by atoms with Crippen molar-refractivity contribution < 1.29 is 28.1 Å². The zero-order valence-corrected chi connectivity index (χ0v) is 32.4. The molecule has 0 atom stereocenters. The van der Waals surface area contributed by atoms with Crippen LogP contribution in [0.25, 0.3) is 0 Å². The molecular formula is C39H54B3N3O6. The molecule has 1 heterocycles. The average Bonchev–Trinajstić information content (AvgIpc) is 3.07. The van der Waals surface area contributed by atoms with Crippen molar-refractivity contribution >= 4 is 55.5 Å². The van der Waals surface area contributed by atoms with E-state index in [1.165, 1.54) is 0 Å². The topological polar surface area (TPSA) is 88.6 Å². The van der Waals surface area contributed by atoms with E-state index in [1.807, 2.05) is 152 Å². The largest absolute Gasteiger partial charge is 0.467 e. The van der Waals surface area contributed by atoms with Crippen LogP contribution in [-0.2, 0) is 13.7 Å². The van der Waals surface area contributed by atoms with Gasteiger partial charge in [-0.25, -0.2) is 0 Å². The number of nitrogens with zero attached hydrogens (tertiary/aromatic N) is 3. The van der Waals surface area contributed by atoms with E-state index in [2.05, 4.69) is 0 Å². The van der Waals surface area contributed by atoms with Gasteiger partial charge in [0.1, 0.15) is 0 Å². The molecule has 0 spiro atoms. The second-order valence-electron chi connectivity index (χ2n) is 14.9. The fourth-order valence-electron chi connectivity index (χ4n) is 7.18. The van der Waals surface area contributed by atoms with Gasteiger partial charge < -0.3 is 28.4 Å². The van der Waals surface area contributed by atoms with E-state index in [0.29, 0.717) is 33.1 Å². The van der Waals surface area contributed by atoms with Crippen LogP contribution in [0.5, 0.6) is 0 Å². The molecule has 9 nitrogen and oxygen atoms in total. The highest BCUT2D eigenvalue weighted by Crippen LogP contribution is 2.20. The van der Waals surface area contributed by atoms with Crippen molar-refractivity contribution in [3.63, 3.8) is 0 Å². The van der Waals surface area contributed by atoms with Crippen LogP contribution in [0, 0.1) is 0 Å². The zero-order valence-electron chi connectivity index (χ0n) is 32.4. The van der Waals surface area contributed by atoms with Crippen LogP contribution in [0.3, 0.4) is 0 Å². The van der Waals surface area contributed by atoms with Crippen molar-refractivity contribution in [1.82, 2.24) is 14.7 Å². The first-order valence-corrected chi connectivity index (χ1v) is 18.3.